The number of carbonyl (C=O) groups excluding carboxylic acids is 3. The van der Waals surface area contributed by atoms with Gasteiger partial charge in [-0.2, -0.15) is 13.2 Å². The summed E-state index contributed by atoms with van der Waals surface area (Å²) in [5.74, 6) is -3.01. The smallest absolute Gasteiger partial charge is 0.424 e. The van der Waals surface area contributed by atoms with E-state index in [0.717, 1.165) is 29.5 Å². The molecular formula is C28H24F4N6O5S. The Balaban J connectivity index is 1.52. The molecule has 0 saturated carbocycles. The van der Waals surface area contributed by atoms with E-state index in [4.69, 9.17) is 16.2 Å². The van der Waals surface area contributed by atoms with Gasteiger partial charge in [0.05, 0.1) is 29.0 Å². The van der Waals surface area contributed by atoms with Gasteiger partial charge >= 0.3 is 6.18 Å². The number of thiazole rings is 1. The normalized spacial score (nSPS) is 17.4. The first-order valence-electron chi connectivity index (χ1n) is 12.9. The first-order chi connectivity index (χ1) is 20.7. The number of rotatable bonds is 8. The summed E-state index contributed by atoms with van der Waals surface area (Å²) in [5, 5.41) is 16.0. The number of benzene rings is 2. The van der Waals surface area contributed by atoms with Crippen LogP contribution < -0.4 is 26.8 Å². The zero-order valence-corrected chi connectivity index (χ0v) is 23.6. The molecule has 3 heterocycles. The maximum atomic E-state index is 14.6. The number of halogens is 4. The fraction of sp³-hybridized carbons (Fsp3) is 0.250. The van der Waals surface area contributed by atoms with Crippen molar-refractivity contribution in [2.24, 2.45) is 11.5 Å². The molecule has 230 valence electrons. The molecule has 0 aliphatic carbocycles. The lowest BCUT2D eigenvalue weighted by Gasteiger charge is -2.31. The number of carbonyl (C=O) groups is 3. The molecule has 5 rings (SSSR count). The van der Waals surface area contributed by atoms with Crippen LogP contribution in [-0.4, -0.2) is 58.7 Å². The van der Waals surface area contributed by atoms with E-state index < -0.39 is 53.0 Å². The average Bonchev–Trinajstić information content (AvgIpc) is 3.55. The third-order valence-corrected chi connectivity index (χ3v) is 8.15. The van der Waals surface area contributed by atoms with E-state index >= 15 is 0 Å². The molecule has 44 heavy (non-hydrogen) atoms. The third-order valence-electron chi connectivity index (χ3n) is 7.21. The second-order valence-electron chi connectivity index (χ2n) is 10.2. The van der Waals surface area contributed by atoms with E-state index in [1.807, 2.05) is 0 Å². The van der Waals surface area contributed by atoms with Crippen LogP contribution in [0.25, 0.3) is 21.5 Å². The zero-order valence-electron chi connectivity index (χ0n) is 22.8. The van der Waals surface area contributed by atoms with Gasteiger partial charge in [-0.3, -0.25) is 14.4 Å². The van der Waals surface area contributed by atoms with Gasteiger partial charge in [-0.05, 0) is 55.5 Å². The van der Waals surface area contributed by atoms with Crippen LogP contribution in [0, 0.1) is 5.82 Å². The van der Waals surface area contributed by atoms with Gasteiger partial charge in [-0.25, -0.2) is 14.4 Å². The number of nitrogens with one attached hydrogen (secondary N) is 2. The van der Waals surface area contributed by atoms with E-state index in [-0.39, 0.29) is 46.4 Å². The van der Waals surface area contributed by atoms with Gasteiger partial charge in [0.2, 0.25) is 17.4 Å². The Hall–Kier alpha value is -4.67. The minimum Gasteiger partial charge on any atom is -0.489 e. The average molecular weight is 633 g/mol. The van der Waals surface area contributed by atoms with Crippen LogP contribution in [0.3, 0.4) is 0 Å². The molecule has 0 saturated heterocycles. The molecule has 4 aromatic rings. The molecule has 2 atom stereocenters. The number of primary amides is 1. The number of hydrogen-bond donors (Lipinski definition) is 5. The van der Waals surface area contributed by atoms with Crippen molar-refractivity contribution >= 4 is 44.4 Å². The van der Waals surface area contributed by atoms with Gasteiger partial charge in [0.15, 0.2) is 5.13 Å². The lowest BCUT2D eigenvalue weighted by Crippen LogP contribution is -2.51. The van der Waals surface area contributed by atoms with Crippen LogP contribution >= 0.6 is 11.3 Å². The predicted octanol–water partition coefficient (Wildman–Crippen LogP) is 2.71. The first-order valence-corrected chi connectivity index (χ1v) is 13.7. The van der Waals surface area contributed by atoms with E-state index in [1.165, 1.54) is 37.3 Å². The highest BCUT2D eigenvalue weighted by atomic mass is 32.1. The van der Waals surface area contributed by atoms with Crippen molar-refractivity contribution in [1.29, 1.82) is 0 Å². The van der Waals surface area contributed by atoms with Crippen LogP contribution in [0.15, 0.2) is 48.5 Å². The maximum absolute atomic E-state index is 14.6. The van der Waals surface area contributed by atoms with Crippen molar-refractivity contribution in [3.8, 4) is 17.0 Å². The van der Waals surface area contributed by atoms with Crippen molar-refractivity contribution in [3.05, 3.63) is 71.2 Å². The zero-order chi connectivity index (χ0) is 32.0. The van der Waals surface area contributed by atoms with Gasteiger partial charge in [0.1, 0.15) is 29.3 Å². The number of pyridine rings is 1. The molecule has 1 unspecified atom stereocenters. The minimum atomic E-state index is -5.37. The standard InChI is InChI=1S/C28H24F4N6O5S/c1-26(24(34)41)12-43-22-16(26)9-19(37-21(22)13-2-5-15(29)6-3-13)27(42,28(30,31)32)11-35-23(40)14-4-7-17-18(8-14)44-25(36-17)38-20(39)10-33/h2-9,42H,10-12,33H2,1H3,(H2,34,41)(H,35,40)(H,36,38,39)/t26-,27?/m0/s1. The van der Waals surface area contributed by atoms with Gasteiger partial charge in [-0.1, -0.05) is 11.3 Å². The highest BCUT2D eigenvalue weighted by molar-refractivity contribution is 7.22. The van der Waals surface area contributed by atoms with Gasteiger partial charge < -0.3 is 31.9 Å². The van der Waals surface area contributed by atoms with E-state index in [9.17, 15) is 37.1 Å². The summed E-state index contributed by atoms with van der Waals surface area (Å²) in [6, 6.07) is 9.62. The number of nitrogens with zero attached hydrogens (tertiary/aromatic N) is 2. The molecule has 0 bridgehead atoms. The molecule has 16 heteroatoms. The molecule has 2 aromatic heterocycles. The van der Waals surface area contributed by atoms with Gasteiger partial charge in [-0.15, -0.1) is 0 Å². The summed E-state index contributed by atoms with van der Waals surface area (Å²) >= 11 is 1.02. The Labute approximate surface area is 250 Å². The number of aliphatic hydroxyl groups is 1. The van der Waals surface area contributed by atoms with Crippen molar-refractivity contribution in [2.45, 2.75) is 24.1 Å². The van der Waals surface area contributed by atoms with Gasteiger partial charge in [0.25, 0.3) is 5.91 Å². The molecule has 11 nitrogen and oxygen atoms in total. The number of aromatic nitrogens is 2. The first kappa shape index (κ1) is 30.8. The molecule has 1 aliphatic heterocycles. The van der Waals surface area contributed by atoms with Crippen LogP contribution in [-0.2, 0) is 20.6 Å². The second-order valence-corrected chi connectivity index (χ2v) is 11.2. The second kappa shape index (κ2) is 11.1. The molecule has 0 spiro atoms. The summed E-state index contributed by atoms with van der Waals surface area (Å²) in [4.78, 5) is 45.2. The van der Waals surface area contributed by atoms with Crippen molar-refractivity contribution in [3.63, 3.8) is 0 Å². The molecule has 3 amide bonds. The summed E-state index contributed by atoms with van der Waals surface area (Å²) in [6.07, 6.45) is -5.37. The van der Waals surface area contributed by atoms with Crippen molar-refractivity contribution in [1.82, 2.24) is 15.3 Å². The van der Waals surface area contributed by atoms with Crippen molar-refractivity contribution in [2.75, 3.05) is 25.0 Å². The summed E-state index contributed by atoms with van der Waals surface area (Å²) in [6.45, 7) is -0.576. The number of hydrogen-bond acceptors (Lipinski definition) is 9. The lowest BCUT2D eigenvalue weighted by atomic mass is 9.81. The monoisotopic (exact) mass is 632 g/mol. The summed E-state index contributed by atoms with van der Waals surface area (Å²) in [5.41, 5.74) is 4.85. The Morgan fingerprint density at radius 2 is 1.82 bits per heavy atom. The third kappa shape index (κ3) is 5.42. The topological polar surface area (TPSA) is 183 Å². The van der Waals surface area contributed by atoms with Crippen LogP contribution in [0.4, 0.5) is 22.7 Å². The minimum absolute atomic E-state index is 0.0462. The highest BCUT2D eigenvalue weighted by Crippen LogP contribution is 2.47. The van der Waals surface area contributed by atoms with Crippen LogP contribution in [0.1, 0.15) is 28.5 Å². The molecular weight excluding hydrogens is 608 g/mol. The maximum Gasteiger partial charge on any atom is 0.424 e. The Kier molecular flexibility index (Phi) is 7.77. The quantitative estimate of drug-likeness (QED) is 0.184. The largest absolute Gasteiger partial charge is 0.489 e. The Bertz CT molecular complexity index is 1800. The number of anilines is 1. The number of amides is 3. The fourth-order valence-electron chi connectivity index (χ4n) is 4.54. The highest BCUT2D eigenvalue weighted by Gasteiger charge is 2.57. The molecule has 0 fully saturated rings. The van der Waals surface area contributed by atoms with Crippen LogP contribution in [0.2, 0.25) is 0 Å². The van der Waals surface area contributed by atoms with Crippen LogP contribution in [0.5, 0.6) is 5.75 Å². The number of nitrogens with two attached hydrogens (primary N) is 2. The Morgan fingerprint density at radius 3 is 2.45 bits per heavy atom. The summed E-state index contributed by atoms with van der Waals surface area (Å²) < 4.78 is 63.6. The molecule has 0 radical (unpaired) electrons. The number of ether oxygens (including phenoxy) is 1. The van der Waals surface area contributed by atoms with E-state index in [2.05, 4.69) is 20.6 Å². The number of fused-ring (bicyclic) bond motifs is 2. The Morgan fingerprint density at radius 1 is 1.11 bits per heavy atom. The molecule has 7 N–H and O–H groups in total. The fourth-order valence-corrected chi connectivity index (χ4v) is 5.46. The lowest BCUT2D eigenvalue weighted by molar-refractivity contribution is -0.265. The van der Waals surface area contributed by atoms with Crippen molar-refractivity contribution < 1.29 is 41.8 Å². The van der Waals surface area contributed by atoms with E-state index in [1.54, 1.807) is 0 Å². The number of alkyl halides is 3. The van der Waals surface area contributed by atoms with Gasteiger partial charge in [0, 0.05) is 16.7 Å². The summed E-state index contributed by atoms with van der Waals surface area (Å²) in [7, 11) is 0. The molecule has 2 aromatic carbocycles. The predicted molar refractivity (Wildman–Crippen MR) is 151 cm³/mol. The molecule has 1 aliphatic rings. The van der Waals surface area contributed by atoms with E-state index in [0.29, 0.717) is 10.2 Å². The SMILES string of the molecule is C[C@]1(C(N)=O)COc2c1cc(C(O)(CNC(=O)c1ccc3nc(NC(=O)CN)sc3c1)C(F)(F)F)nc2-c1ccc(F)cc1.